The van der Waals surface area contributed by atoms with Crippen LogP contribution in [0.25, 0.3) is 0 Å². The van der Waals surface area contributed by atoms with Crippen molar-refractivity contribution in [2.75, 3.05) is 6.61 Å². The molecule has 0 saturated carbocycles. The highest BCUT2D eigenvalue weighted by atomic mass is 16.3. The van der Waals surface area contributed by atoms with Crippen LogP contribution in [0.2, 0.25) is 0 Å². The average molecular weight is 1210 g/mol. The maximum absolute atomic E-state index is 12.6. The van der Waals surface area contributed by atoms with Crippen molar-refractivity contribution in [2.24, 2.45) is 0 Å². The van der Waals surface area contributed by atoms with Gasteiger partial charge in [-0.15, -0.1) is 0 Å². The Labute approximate surface area is 542 Å². The quantitative estimate of drug-likeness (QED) is 0.0420. The molecular formula is C82H159NO3. The molecule has 0 aliphatic carbocycles. The molecule has 2 atom stereocenters. The molecule has 0 aliphatic heterocycles. The molecule has 2 unspecified atom stereocenters. The van der Waals surface area contributed by atoms with Crippen LogP contribution in [0.3, 0.4) is 0 Å². The maximum Gasteiger partial charge on any atom is 0.220 e. The van der Waals surface area contributed by atoms with Crippen molar-refractivity contribution >= 4 is 5.91 Å². The molecular weight excluding hydrogens is 1050 g/mol. The van der Waals surface area contributed by atoms with Gasteiger partial charge in [0.25, 0.3) is 0 Å². The summed E-state index contributed by atoms with van der Waals surface area (Å²) < 4.78 is 0. The largest absolute Gasteiger partial charge is 0.394 e. The van der Waals surface area contributed by atoms with Gasteiger partial charge < -0.3 is 15.5 Å². The number of unbranched alkanes of at least 4 members (excludes halogenated alkanes) is 65. The topological polar surface area (TPSA) is 69.6 Å². The molecule has 0 aromatic rings. The molecule has 0 bridgehead atoms. The van der Waals surface area contributed by atoms with E-state index in [1.165, 1.54) is 405 Å². The molecule has 4 heteroatoms. The van der Waals surface area contributed by atoms with E-state index in [1.54, 1.807) is 6.08 Å². The van der Waals surface area contributed by atoms with Crippen molar-refractivity contribution < 1.29 is 15.0 Å². The summed E-state index contributed by atoms with van der Waals surface area (Å²) in [5, 5.41) is 23.3. The number of allylic oxidation sites excluding steroid dienone is 5. The van der Waals surface area contributed by atoms with Crippen LogP contribution in [-0.4, -0.2) is 34.9 Å². The van der Waals surface area contributed by atoms with Crippen LogP contribution >= 0.6 is 0 Å². The van der Waals surface area contributed by atoms with E-state index in [-0.39, 0.29) is 12.5 Å². The van der Waals surface area contributed by atoms with Crippen LogP contribution in [0, 0.1) is 0 Å². The first-order valence-corrected chi connectivity index (χ1v) is 40.2. The summed E-state index contributed by atoms with van der Waals surface area (Å²) in [4.78, 5) is 12.6. The van der Waals surface area contributed by atoms with E-state index in [9.17, 15) is 15.0 Å². The summed E-state index contributed by atoms with van der Waals surface area (Å²) in [5.74, 6) is -0.0681. The molecule has 0 aliphatic rings. The van der Waals surface area contributed by atoms with E-state index in [0.29, 0.717) is 6.42 Å². The molecule has 0 aromatic heterocycles. The van der Waals surface area contributed by atoms with Gasteiger partial charge in [0.2, 0.25) is 5.91 Å². The maximum atomic E-state index is 12.6. The fourth-order valence-electron chi connectivity index (χ4n) is 13.0. The molecule has 510 valence electrons. The van der Waals surface area contributed by atoms with E-state index in [1.807, 2.05) is 6.08 Å². The minimum Gasteiger partial charge on any atom is -0.394 e. The van der Waals surface area contributed by atoms with Crippen molar-refractivity contribution in [1.29, 1.82) is 0 Å². The highest BCUT2D eigenvalue weighted by Crippen LogP contribution is 2.20. The van der Waals surface area contributed by atoms with Crippen LogP contribution in [0.4, 0.5) is 0 Å². The number of amides is 1. The summed E-state index contributed by atoms with van der Waals surface area (Å²) >= 11 is 0. The highest BCUT2D eigenvalue weighted by Gasteiger charge is 2.18. The lowest BCUT2D eigenvalue weighted by atomic mass is 10.0. The Bertz CT molecular complexity index is 1320. The normalized spacial score (nSPS) is 12.7. The zero-order valence-electron chi connectivity index (χ0n) is 59.1. The lowest BCUT2D eigenvalue weighted by Crippen LogP contribution is -2.45. The van der Waals surface area contributed by atoms with Crippen LogP contribution in [0.5, 0.6) is 0 Å². The van der Waals surface area contributed by atoms with Gasteiger partial charge in [-0.1, -0.05) is 448 Å². The van der Waals surface area contributed by atoms with Gasteiger partial charge in [0, 0.05) is 6.42 Å². The third-order valence-corrected chi connectivity index (χ3v) is 19.1. The van der Waals surface area contributed by atoms with Crippen molar-refractivity contribution in [3.05, 3.63) is 36.5 Å². The van der Waals surface area contributed by atoms with Crippen molar-refractivity contribution in [3.63, 3.8) is 0 Å². The number of rotatable bonds is 76. The second-order valence-corrected chi connectivity index (χ2v) is 27.8. The Morgan fingerprint density at radius 2 is 0.453 bits per heavy atom. The van der Waals surface area contributed by atoms with Gasteiger partial charge >= 0.3 is 0 Å². The Hall–Kier alpha value is -1.39. The van der Waals surface area contributed by atoms with Gasteiger partial charge in [-0.05, 0) is 44.9 Å². The van der Waals surface area contributed by atoms with Gasteiger partial charge in [0.05, 0.1) is 18.8 Å². The second-order valence-electron chi connectivity index (χ2n) is 27.8. The van der Waals surface area contributed by atoms with Crippen LogP contribution in [0.15, 0.2) is 36.5 Å². The number of carbonyl (C=O) groups is 1. The smallest absolute Gasteiger partial charge is 0.220 e. The van der Waals surface area contributed by atoms with Crippen molar-refractivity contribution in [3.8, 4) is 0 Å². The Morgan fingerprint density at radius 3 is 0.674 bits per heavy atom. The lowest BCUT2D eigenvalue weighted by molar-refractivity contribution is -0.123. The van der Waals surface area contributed by atoms with E-state index in [2.05, 4.69) is 43.5 Å². The Kier molecular flexibility index (Phi) is 76.6. The number of carbonyl (C=O) groups excluding carboxylic acids is 1. The van der Waals surface area contributed by atoms with Gasteiger partial charge in [-0.3, -0.25) is 4.79 Å². The highest BCUT2D eigenvalue weighted by molar-refractivity contribution is 5.76. The number of nitrogens with one attached hydrogen (secondary N) is 1. The average Bonchev–Trinajstić information content (AvgIpc) is 3.58. The van der Waals surface area contributed by atoms with Gasteiger partial charge in [-0.2, -0.15) is 0 Å². The van der Waals surface area contributed by atoms with Gasteiger partial charge in [0.1, 0.15) is 0 Å². The summed E-state index contributed by atoms with van der Waals surface area (Å²) in [6.07, 6.45) is 109. The summed E-state index contributed by atoms with van der Waals surface area (Å²) in [6.45, 7) is 4.35. The number of aliphatic hydroxyl groups excluding tert-OH is 2. The zero-order valence-corrected chi connectivity index (χ0v) is 59.1. The first-order valence-electron chi connectivity index (χ1n) is 40.2. The van der Waals surface area contributed by atoms with E-state index in [4.69, 9.17) is 0 Å². The minimum absolute atomic E-state index is 0.0681. The fraction of sp³-hybridized carbons (Fsp3) is 0.915. The molecule has 1 amide bonds. The van der Waals surface area contributed by atoms with Gasteiger partial charge in [-0.25, -0.2) is 0 Å². The predicted octanol–water partition coefficient (Wildman–Crippen LogP) is 27.8. The lowest BCUT2D eigenvalue weighted by Gasteiger charge is -2.19. The molecule has 0 rings (SSSR count). The molecule has 0 saturated heterocycles. The zero-order chi connectivity index (χ0) is 61.9. The van der Waals surface area contributed by atoms with E-state index in [0.717, 1.165) is 38.5 Å². The van der Waals surface area contributed by atoms with Crippen LogP contribution < -0.4 is 5.32 Å². The van der Waals surface area contributed by atoms with Crippen molar-refractivity contribution in [2.45, 2.75) is 475 Å². The third kappa shape index (κ3) is 73.3. The number of hydrogen-bond donors (Lipinski definition) is 3. The predicted molar refractivity (Wildman–Crippen MR) is 387 cm³/mol. The monoisotopic (exact) mass is 1210 g/mol. The van der Waals surface area contributed by atoms with Crippen LogP contribution in [-0.2, 0) is 4.79 Å². The Morgan fingerprint density at radius 1 is 0.267 bits per heavy atom. The standard InChI is InChI=1S/C82H159NO3/c1-3-5-7-9-11-13-15-17-19-21-23-25-27-29-31-33-35-37-38-39-40-41-42-43-44-46-48-50-52-54-56-58-60-62-64-66-68-70-72-74-76-78-82(86)83-80(79-84)81(85)77-75-73-71-69-67-65-63-61-59-57-55-53-51-49-47-45-36-34-32-30-28-26-24-22-20-18-16-14-12-10-8-6-4-2/h59,61,67,69,75,77,80-81,84-85H,3-58,60,62-66,68,70-74,76,78-79H2,1-2H3,(H,83,86)/b61-59+,69-67+,77-75+. The minimum atomic E-state index is -0.871. The first-order chi connectivity index (χ1) is 42.7. The SMILES string of the molecule is CCCCCCCCCCCCCCCCCCCCCCCCC/C=C/CC/C=C/CC/C=C/C(O)C(CO)NC(=O)CCCCCCCCCCCCCCCCCCCCCCCCCCCCCCCCCCCCCCCCCCC. The first kappa shape index (κ1) is 84.6. The fourth-order valence-corrected chi connectivity index (χ4v) is 13.0. The van der Waals surface area contributed by atoms with Crippen molar-refractivity contribution in [1.82, 2.24) is 5.32 Å². The Balaban J connectivity index is 3.41. The molecule has 0 fully saturated rings. The molecule has 0 aromatic carbocycles. The van der Waals surface area contributed by atoms with E-state index >= 15 is 0 Å². The summed E-state index contributed by atoms with van der Waals surface area (Å²) in [6, 6.07) is -0.646. The van der Waals surface area contributed by atoms with Crippen LogP contribution in [0.1, 0.15) is 463 Å². The van der Waals surface area contributed by atoms with Gasteiger partial charge in [0.15, 0.2) is 0 Å². The number of aliphatic hydroxyl groups is 2. The third-order valence-electron chi connectivity index (χ3n) is 19.1. The molecule has 86 heavy (non-hydrogen) atoms. The molecule has 0 heterocycles. The second kappa shape index (κ2) is 77.9. The summed E-state index contributed by atoms with van der Waals surface area (Å²) in [7, 11) is 0. The molecule has 0 spiro atoms. The number of hydrogen-bond acceptors (Lipinski definition) is 3. The van der Waals surface area contributed by atoms with E-state index < -0.39 is 12.1 Å². The molecule has 3 N–H and O–H groups in total. The molecule has 0 radical (unpaired) electrons. The summed E-state index contributed by atoms with van der Waals surface area (Å²) in [5.41, 5.74) is 0. The molecule has 4 nitrogen and oxygen atoms in total.